The average Bonchev–Trinajstić information content (AvgIpc) is 2.70. The lowest BCUT2D eigenvalue weighted by atomic mass is 9.76. The number of alkyl halides is 4. The van der Waals surface area contributed by atoms with Crippen molar-refractivity contribution in [3.63, 3.8) is 0 Å². The van der Waals surface area contributed by atoms with Crippen LogP contribution in [0.1, 0.15) is 53.3 Å². The van der Waals surface area contributed by atoms with Crippen LogP contribution in [0.25, 0.3) is 0 Å². The van der Waals surface area contributed by atoms with E-state index in [0.717, 1.165) is 30.5 Å². The zero-order valence-corrected chi connectivity index (χ0v) is 16.6. The molecule has 0 saturated heterocycles. The quantitative estimate of drug-likeness (QED) is 0.613. The fraction of sp³-hybridized carbons (Fsp3) is 0.400. The summed E-state index contributed by atoms with van der Waals surface area (Å²) in [5, 5.41) is 12.4. The number of hydrogen-bond donors (Lipinski definition) is 2. The van der Waals surface area contributed by atoms with Crippen LogP contribution in [0.4, 0.5) is 26.3 Å². The molecule has 1 saturated carbocycles. The van der Waals surface area contributed by atoms with Crippen LogP contribution in [0.5, 0.6) is 0 Å². The van der Waals surface area contributed by atoms with Gasteiger partial charge in [0.05, 0.1) is 22.2 Å². The number of halogens is 7. The summed E-state index contributed by atoms with van der Waals surface area (Å²) in [5.74, 6) is -3.76. The number of rotatable bonds is 4. The first-order chi connectivity index (χ1) is 14.4. The van der Waals surface area contributed by atoms with Crippen LogP contribution in [0.15, 0.2) is 30.5 Å². The van der Waals surface area contributed by atoms with Crippen LogP contribution < -0.4 is 5.32 Å². The Balaban J connectivity index is 2.02. The molecule has 1 heterocycles. The molecule has 3 rings (SSSR count). The Morgan fingerprint density at radius 2 is 1.87 bits per heavy atom. The molecule has 1 fully saturated rings. The zero-order chi connectivity index (χ0) is 23.0. The third-order valence-corrected chi connectivity index (χ3v) is 5.67. The Labute approximate surface area is 178 Å². The van der Waals surface area contributed by atoms with Gasteiger partial charge in [0.15, 0.2) is 17.3 Å². The molecule has 1 amide bonds. The molecule has 4 nitrogen and oxygen atoms in total. The molecule has 1 aromatic carbocycles. The molecule has 11 heteroatoms. The van der Waals surface area contributed by atoms with E-state index in [2.05, 4.69) is 10.3 Å². The van der Waals surface area contributed by atoms with Gasteiger partial charge in [-0.15, -0.1) is 0 Å². The van der Waals surface area contributed by atoms with E-state index >= 15 is 0 Å². The van der Waals surface area contributed by atoms with Crippen molar-refractivity contribution in [2.24, 2.45) is 0 Å². The molecular formula is C20H17ClF6N2O2. The van der Waals surface area contributed by atoms with E-state index in [1.54, 1.807) is 0 Å². The summed E-state index contributed by atoms with van der Waals surface area (Å²) in [6, 6.07) is 2.46. The molecule has 1 aliphatic rings. The Kier molecular flexibility index (Phi) is 6.52. The number of amides is 1. The maximum atomic E-state index is 14.5. The van der Waals surface area contributed by atoms with Gasteiger partial charge in [0.2, 0.25) is 0 Å². The maximum Gasteiger partial charge on any atom is 0.434 e. The van der Waals surface area contributed by atoms with E-state index in [4.69, 9.17) is 11.6 Å². The van der Waals surface area contributed by atoms with Crippen molar-refractivity contribution < 1.29 is 36.2 Å². The number of carbonyl (C=O) groups is 1. The lowest BCUT2D eigenvalue weighted by Gasteiger charge is -2.40. The number of pyridine rings is 1. The first kappa shape index (κ1) is 23.3. The van der Waals surface area contributed by atoms with E-state index in [1.165, 1.54) is 0 Å². The van der Waals surface area contributed by atoms with Crippen molar-refractivity contribution in [2.75, 3.05) is 0 Å². The van der Waals surface area contributed by atoms with Crippen molar-refractivity contribution in [3.05, 3.63) is 63.9 Å². The molecule has 1 aliphatic carbocycles. The molecule has 2 aromatic rings. The number of hydrogen-bond acceptors (Lipinski definition) is 3. The molecule has 0 radical (unpaired) electrons. The number of aliphatic hydroxyl groups is 1. The number of nitrogens with zero attached hydrogens (tertiary/aromatic N) is 1. The SMILES string of the molecule is O=C(NC(c1cccc(F)c1F)C1(O)CCC(F)CC1)c1ccnc(C(F)(F)F)c1Cl. The van der Waals surface area contributed by atoms with Gasteiger partial charge in [0.25, 0.3) is 5.91 Å². The summed E-state index contributed by atoms with van der Waals surface area (Å²) in [6.45, 7) is 0. The predicted molar refractivity (Wildman–Crippen MR) is 99.1 cm³/mol. The molecular weight excluding hydrogens is 450 g/mol. The van der Waals surface area contributed by atoms with Gasteiger partial charge in [-0.2, -0.15) is 13.2 Å². The molecule has 168 valence electrons. The first-order valence-corrected chi connectivity index (χ1v) is 9.65. The van der Waals surface area contributed by atoms with Gasteiger partial charge in [0.1, 0.15) is 6.17 Å². The van der Waals surface area contributed by atoms with Crippen molar-refractivity contribution in [3.8, 4) is 0 Å². The second-order valence-electron chi connectivity index (χ2n) is 7.35. The fourth-order valence-corrected chi connectivity index (χ4v) is 3.95. The Morgan fingerprint density at radius 3 is 2.48 bits per heavy atom. The van der Waals surface area contributed by atoms with Gasteiger partial charge in [0, 0.05) is 11.8 Å². The van der Waals surface area contributed by atoms with Crippen molar-refractivity contribution in [2.45, 2.75) is 49.7 Å². The molecule has 1 unspecified atom stereocenters. The smallest absolute Gasteiger partial charge is 0.387 e. The number of aromatic nitrogens is 1. The van der Waals surface area contributed by atoms with Gasteiger partial charge < -0.3 is 10.4 Å². The summed E-state index contributed by atoms with van der Waals surface area (Å²) in [4.78, 5) is 15.9. The minimum Gasteiger partial charge on any atom is -0.387 e. The van der Waals surface area contributed by atoms with Gasteiger partial charge in [-0.25, -0.2) is 13.2 Å². The van der Waals surface area contributed by atoms with Gasteiger partial charge in [-0.3, -0.25) is 9.78 Å². The lowest BCUT2D eigenvalue weighted by Crippen LogP contribution is -2.49. The Bertz CT molecular complexity index is 977. The Morgan fingerprint density at radius 1 is 1.23 bits per heavy atom. The molecule has 1 atom stereocenters. The van der Waals surface area contributed by atoms with Crippen LogP contribution in [-0.4, -0.2) is 27.8 Å². The highest BCUT2D eigenvalue weighted by molar-refractivity contribution is 6.34. The number of nitrogens with one attached hydrogen (secondary N) is 1. The first-order valence-electron chi connectivity index (χ1n) is 9.27. The molecule has 0 spiro atoms. The van der Waals surface area contributed by atoms with Crippen LogP contribution in [0.2, 0.25) is 5.02 Å². The Hall–Kier alpha value is -2.33. The monoisotopic (exact) mass is 466 g/mol. The molecule has 0 bridgehead atoms. The summed E-state index contributed by atoms with van der Waals surface area (Å²) >= 11 is 5.72. The minimum absolute atomic E-state index is 0.0892. The molecule has 2 N–H and O–H groups in total. The molecule has 0 aliphatic heterocycles. The van der Waals surface area contributed by atoms with Crippen LogP contribution in [0.3, 0.4) is 0 Å². The minimum atomic E-state index is -4.93. The largest absolute Gasteiger partial charge is 0.434 e. The van der Waals surface area contributed by atoms with Crippen LogP contribution >= 0.6 is 11.6 Å². The van der Waals surface area contributed by atoms with Crippen LogP contribution in [-0.2, 0) is 6.18 Å². The number of carbonyl (C=O) groups excluding carboxylic acids is 1. The lowest BCUT2D eigenvalue weighted by molar-refractivity contribution is -0.141. The van der Waals surface area contributed by atoms with E-state index in [0.29, 0.717) is 0 Å². The number of benzene rings is 1. The van der Waals surface area contributed by atoms with Gasteiger partial charge >= 0.3 is 6.18 Å². The van der Waals surface area contributed by atoms with Crippen molar-refractivity contribution in [1.82, 2.24) is 10.3 Å². The average molecular weight is 467 g/mol. The summed E-state index contributed by atoms with van der Waals surface area (Å²) in [6.07, 6.45) is -5.97. The molecule has 1 aromatic heterocycles. The standard InChI is InChI=1S/C20H17ClF6N2O2/c21-14-11(6-9-28-17(14)20(25,26)27)18(30)29-16(12-2-1-3-13(23)15(12)24)19(31)7-4-10(22)5-8-19/h1-3,6,9-10,16,31H,4-5,7-8H2,(H,29,30). The normalized spacial score (nSPS) is 22.8. The van der Waals surface area contributed by atoms with E-state index < -0.39 is 63.4 Å². The predicted octanol–water partition coefficient (Wildman–Crippen LogP) is 5.15. The summed E-state index contributed by atoms with van der Waals surface area (Å²) in [5.41, 5.74) is -4.39. The van der Waals surface area contributed by atoms with Crippen molar-refractivity contribution in [1.29, 1.82) is 0 Å². The fourth-order valence-electron chi connectivity index (χ4n) is 3.64. The topological polar surface area (TPSA) is 62.2 Å². The van der Waals surface area contributed by atoms with E-state index in [9.17, 15) is 36.2 Å². The zero-order valence-electron chi connectivity index (χ0n) is 15.8. The third kappa shape index (κ3) is 4.79. The highest BCUT2D eigenvalue weighted by Gasteiger charge is 2.44. The molecule has 31 heavy (non-hydrogen) atoms. The van der Waals surface area contributed by atoms with E-state index in [-0.39, 0.29) is 25.7 Å². The maximum absolute atomic E-state index is 14.5. The summed E-state index contributed by atoms with van der Waals surface area (Å²) < 4.78 is 81.1. The third-order valence-electron chi connectivity index (χ3n) is 5.29. The highest BCUT2D eigenvalue weighted by Crippen LogP contribution is 2.41. The second-order valence-corrected chi connectivity index (χ2v) is 7.72. The summed E-state index contributed by atoms with van der Waals surface area (Å²) in [7, 11) is 0. The van der Waals surface area contributed by atoms with Gasteiger partial charge in [-0.1, -0.05) is 23.7 Å². The van der Waals surface area contributed by atoms with Crippen LogP contribution in [0, 0.1) is 11.6 Å². The van der Waals surface area contributed by atoms with Gasteiger partial charge in [-0.05, 0) is 37.8 Å². The van der Waals surface area contributed by atoms with Crippen molar-refractivity contribution >= 4 is 17.5 Å². The van der Waals surface area contributed by atoms with E-state index in [1.807, 2.05) is 0 Å². The highest BCUT2D eigenvalue weighted by atomic mass is 35.5. The second kappa shape index (κ2) is 8.66.